The number of fused-ring (bicyclic) bond motifs is 5. The van der Waals surface area contributed by atoms with Crippen LogP contribution >= 0.6 is 11.3 Å². The van der Waals surface area contributed by atoms with E-state index >= 15 is 0 Å². The highest BCUT2D eigenvalue weighted by Crippen LogP contribution is 2.44. The van der Waals surface area contributed by atoms with Gasteiger partial charge in [0.2, 0.25) is 0 Å². The maximum absolute atomic E-state index is 2.42. The molecule has 9 aromatic carbocycles. The monoisotopic (exact) mass is 679 g/mol. The van der Waals surface area contributed by atoms with Gasteiger partial charge in [0.25, 0.3) is 0 Å². The Balaban J connectivity index is 1.14. The van der Waals surface area contributed by atoms with Crippen LogP contribution in [0.3, 0.4) is 0 Å². The molecule has 0 amide bonds. The zero-order valence-electron chi connectivity index (χ0n) is 28.4. The topological polar surface area (TPSA) is 3.24 Å². The molecule has 10 aromatic rings. The van der Waals surface area contributed by atoms with Crippen LogP contribution in [0.25, 0.3) is 75.1 Å². The summed E-state index contributed by atoms with van der Waals surface area (Å²) in [5, 5.41) is 7.62. The Hall–Kier alpha value is -6.48. The molecule has 0 aliphatic heterocycles. The van der Waals surface area contributed by atoms with Gasteiger partial charge in [-0.15, -0.1) is 11.3 Å². The SMILES string of the molecule is c1cc(-c2ccc3ccccc3c2)cc(N(c2ccc(-c3cccc4ccccc34)cc2)c2ccccc2-c2ccc3sc4ccccc4c3c2)c1. The molecule has 0 bridgehead atoms. The fourth-order valence-corrected chi connectivity index (χ4v) is 8.78. The summed E-state index contributed by atoms with van der Waals surface area (Å²) in [6.07, 6.45) is 0. The lowest BCUT2D eigenvalue weighted by Gasteiger charge is -2.28. The number of hydrogen-bond donors (Lipinski definition) is 0. The normalized spacial score (nSPS) is 11.5. The molecule has 2 heteroatoms. The van der Waals surface area contributed by atoms with E-state index in [0.29, 0.717) is 0 Å². The zero-order chi connectivity index (χ0) is 34.4. The van der Waals surface area contributed by atoms with E-state index in [4.69, 9.17) is 0 Å². The summed E-state index contributed by atoms with van der Waals surface area (Å²) in [5.74, 6) is 0. The van der Waals surface area contributed by atoms with Gasteiger partial charge < -0.3 is 4.90 Å². The molecule has 1 heterocycles. The van der Waals surface area contributed by atoms with Crippen LogP contribution in [-0.2, 0) is 0 Å². The first-order valence-electron chi connectivity index (χ1n) is 17.8. The molecule has 0 saturated carbocycles. The molecule has 0 spiro atoms. The average molecular weight is 680 g/mol. The molecule has 0 N–H and O–H groups in total. The summed E-state index contributed by atoms with van der Waals surface area (Å²) >= 11 is 1.86. The standard InChI is InChI=1S/C50H33NS/c1-2-13-37-31-39(24-23-34(37)11-1)38-15-9-16-42(32-38)51(41-28-25-36(26-29-41)44-20-10-14-35-12-3-4-17-43(35)44)48-21-7-5-18-45(48)40-27-30-50-47(33-40)46-19-6-8-22-49(46)52-50/h1-33H. The van der Waals surface area contributed by atoms with Gasteiger partial charge in [-0.05, 0) is 104 Å². The van der Waals surface area contributed by atoms with Crippen molar-refractivity contribution in [1.29, 1.82) is 0 Å². The lowest BCUT2D eigenvalue weighted by molar-refractivity contribution is 1.28. The molecule has 0 aliphatic carbocycles. The van der Waals surface area contributed by atoms with Gasteiger partial charge >= 0.3 is 0 Å². The van der Waals surface area contributed by atoms with E-state index in [1.165, 1.54) is 75.1 Å². The number of nitrogens with zero attached hydrogens (tertiary/aromatic N) is 1. The summed E-state index contributed by atoms with van der Waals surface area (Å²) < 4.78 is 2.63. The smallest absolute Gasteiger partial charge is 0.0540 e. The number of rotatable bonds is 6. The van der Waals surface area contributed by atoms with Gasteiger partial charge in [0, 0.05) is 37.1 Å². The summed E-state index contributed by atoms with van der Waals surface area (Å²) in [4.78, 5) is 2.42. The number of thiophene rings is 1. The molecule has 0 fully saturated rings. The van der Waals surface area contributed by atoms with Crippen LogP contribution < -0.4 is 4.90 Å². The van der Waals surface area contributed by atoms with Crippen molar-refractivity contribution in [2.45, 2.75) is 0 Å². The third-order valence-corrected chi connectivity index (χ3v) is 11.4. The van der Waals surface area contributed by atoms with Gasteiger partial charge in [-0.2, -0.15) is 0 Å². The lowest BCUT2D eigenvalue weighted by atomic mass is 9.97. The van der Waals surface area contributed by atoms with Crippen LogP contribution in [0.4, 0.5) is 17.1 Å². The largest absolute Gasteiger partial charge is 0.310 e. The third-order valence-electron chi connectivity index (χ3n) is 10.2. The Morgan fingerprint density at radius 1 is 0.308 bits per heavy atom. The minimum absolute atomic E-state index is 1.11. The van der Waals surface area contributed by atoms with Crippen LogP contribution in [0, 0.1) is 0 Å². The molecule has 1 aromatic heterocycles. The number of anilines is 3. The molecule has 0 atom stereocenters. The Morgan fingerprint density at radius 3 is 1.85 bits per heavy atom. The van der Waals surface area contributed by atoms with Crippen molar-refractivity contribution in [3.63, 3.8) is 0 Å². The minimum Gasteiger partial charge on any atom is -0.310 e. The number of benzene rings is 9. The van der Waals surface area contributed by atoms with Crippen molar-refractivity contribution < 1.29 is 0 Å². The van der Waals surface area contributed by atoms with Gasteiger partial charge in [0.1, 0.15) is 0 Å². The summed E-state index contributed by atoms with van der Waals surface area (Å²) in [6.45, 7) is 0. The predicted molar refractivity (Wildman–Crippen MR) is 225 cm³/mol. The highest BCUT2D eigenvalue weighted by atomic mass is 32.1. The van der Waals surface area contributed by atoms with Crippen molar-refractivity contribution >= 4 is 70.1 Å². The molecule has 52 heavy (non-hydrogen) atoms. The Morgan fingerprint density at radius 2 is 0.942 bits per heavy atom. The molecule has 0 radical (unpaired) electrons. The van der Waals surface area contributed by atoms with E-state index in [2.05, 4.69) is 205 Å². The first-order valence-corrected chi connectivity index (χ1v) is 18.6. The first kappa shape index (κ1) is 30.4. The second-order valence-electron chi connectivity index (χ2n) is 13.3. The maximum Gasteiger partial charge on any atom is 0.0540 e. The summed E-state index contributed by atoms with van der Waals surface area (Å²) in [5.41, 5.74) is 10.6. The average Bonchev–Trinajstić information content (AvgIpc) is 3.59. The van der Waals surface area contributed by atoms with Crippen molar-refractivity contribution in [3.8, 4) is 33.4 Å². The maximum atomic E-state index is 2.42. The quantitative estimate of drug-likeness (QED) is 0.169. The second-order valence-corrected chi connectivity index (χ2v) is 14.4. The molecule has 0 saturated heterocycles. The molecular formula is C50H33NS. The van der Waals surface area contributed by atoms with Crippen molar-refractivity contribution in [2.75, 3.05) is 4.90 Å². The minimum atomic E-state index is 1.11. The highest BCUT2D eigenvalue weighted by Gasteiger charge is 2.19. The van der Waals surface area contributed by atoms with Gasteiger partial charge in [-0.3, -0.25) is 0 Å². The summed E-state index contributed by atoms with van der Waals surface area (Å²) in [6, 6.07) is 73.1. The van der Waals surface area contributed by atoms with E-state index in [9.17, 15) is 0 Å². The van der Waals surface area contributed by atoms with E-state index in [1.54, 1.807) is 0 Å². The van der Waals surface area contributed by atoms with Crippen LogP contribution in [0.2, 0.25) is 0 Å². The van der Waals surface area contributed by atoms with Gasteiger partial charge in [-0.25, -0.2) is 0 Å². The van der Waals surface area contributed by atoms with E-state index in [1.807, 2.05) is 11.3 Å². The molecule has 0 unspecified atom stereocenters. The van der Waals surface area contributed by atoms with E-state index in [0.717, 1.165) is 17.1 Å². The highest BCUT2D eigenvalue weighted by molar-refractivity contribution is 7.25. The fourth-order valence-electron chi connectivity index (χ4n) is 7.69. The Bertz CT molecular complexity index is 2910. The molecule has 0 aliphatic rings. The molecule has 1 nitrogen and oxygen atoms in total. The van der Waals surface area contributed by atoms with Crippen molar-refractivity contribution in [1.82, 2.24) is 0 Å². The number of hydrogen-bond acceptors (Lipinski definition) is 2. The van der Waals surface area contributed by atoms with Gasteiger partial charge in [0.05, 0.1) is 5.69 Å². The van der Waals surface area contributed by atoms with Crippen molar-refractivity contribution in [2.24, 2.45) is 0 Å². The van der Waals surface area contributed by atoms with Gasteiger partial charge in [-0.1, -0.05) is 146 Å². The molecule has 10 rings (SSSR count). The van der Waals surface area contributed by atoms with Gasteiger partial charge in [0.15, 0.2) is 0 Å². The zero-order valence-corrected chi connectivity index (χ0v) is 29.2. The van der Waals surface area contributed by atoms with Crippen LogP contribution in [0.5, 0.6) is 0 Å². The first-order chi connectivity index (χ1) is 25.8. The Labute approximate surface area is 307 Å². The van der Waals surface area contributed by atoms with Crippen LogP contribution in [0.15, 0.2) is 200 Å². The van der Waals surface area contributed by atoms with Crippen molar-refractivity contribution in [3.05, 3.63) is 200 Å². The summed E-state index contributed by atoms with van der Waals surface area (Å²) in [7, 11) is 0. The predicted octanol–water partition coefficient (Wildman–Crippen LogP) is 14.8. The second kappa shape index (κ2) is 12.7. The van der Waals surface area contributed by atoms with Crippen LogP contribution in [0.1, 0.15) is 0 Å². The van der Waals surface area contributed by atoms with E-state index < -0.39 is 0 Å². The lowest BCUT2D eigenvalue weighted by Crippen LogP contribution is -2.11. The third kappa shape index (κ3) is 5.33. The fraction of sp³-hybridized carbons (Fsp3) is 0. The van der Waals surface area contributed by atoms with E-state index in [-0.39, 0.29) is 0 Å². The number of para-hydroxylation sites is 1. The molecular weight excluding hydrogens is 647 g/mol. The van der Waals surface area contributed by atoms with Crippen LogP contribution in [-0.4, -0.2) is 0 Å². The molecule has 244 valence electrons. The Kier molecular flexibility index (Phi) is 7.41.